The number of methoxy groups -OCH3 is 1. The summed E-state index contributed by atoms with van der Waals surface area (Å²) in [6.07, 6.45) is 0.0352. The second-order valence-electron chi connectivity index (χ2n) is 3.48. The Bertz CT molecular complexity index is 450. The fraction of sp³-hybridized carbons (Fsp3) is 0.400. The van der Waals surface area contributed by atoms with E-state index in [0.717, 1.165) is 0 Å². The van der Waals surface area contributed by atoms with E-state index in [-0.39, 0.29) is 11.0 Å². The number of sulfonamides is 1. The van der Waals surface area contributed by atoms with Gasteiger partial charge in [0.2, 0.25) is 10.0 Å². The van der Waals surface area contributed by atoms with Crippen LogP contribution in [0.4, 0.5) is 0 Å². The molecule has 0 bridgehead atoms. The van der Waals surface area contributed by atoms with Crippen molar-refractivity contribution in [2.75, 3.05) is 20.3 Å². The maximum absolute atomic E-state index is 11.8. The lowest BCUT2D eigenvalue weighted by atomic mass is 10.3. The number of hydrogen-bond acceptors (Lipinski definition) is 4. The third kappa shape index (κ3) is 2.72. The monoisotopic (exact) mass is 243 g/mol. The highest BCUT2D eigenvalue weighted by atomic mass is 32.2. The van der Waals surface area contributed by atoms with Crippen molar-refractivity contribution in [3.8, 4) is 5.75 Å². The third-order valence-corrected chi connectivity index (χ3v) is 3.71. The van der Waals surface area contributed by atoms with E-state index in [0.29, 0.717) is 18.9 Å². The molecule has 1 unspecified atom stereocenters. The molecule has 1 aromatic rings. The molecule has 0 radical (unpaired) electrons. The number of ether oxygens (including phenoxy) is 2. The summed E-state index contributed by atoms with van der Waals surface area (Å²) in [6.45, 7) is 0.958. The van der Waals surface area contributed by atoms with E-state index >= 15 is 0 Å². The van der Waals surface area contributed by atoms with Crippen molar-refractivity contribution < 1.29 is 17.9 Å². The first-order valence-electron chi connectivity index (χ1n) is 4.87. The van der Waals surface area contributed by atoms with E-state index in [2.05, 4.69) is 4.72 Å². The Labute approximate surface area is 94.4 Å². The Hall–Kier alpha value is -1.11. The van der Waals surface area contributed by atoms with Crippen molar-refractivity contribution in [2.24, 2.45) is 0 Å². The minimum Gasteiger partial charge on any atom is -0.497 e. The fourth-order valence-corrected chi connectivity index (χ4v) is 2.29. The standard InChI is InChI=1S/C10H13NO4S/c1-14-8-2-4-10(5-3-8)16(12,13)11-6-9-7-15-9/h2-5,9,11H,6-7H2,1H3. The Balaban J connectivity index is 2.07. The Morgan fingerprint density at radius 1 is 1.44 bits per heavy atom. The number of hydrogen-bond donors (Lipinski definition) is 1. The number of rotatable bonds is 5. The van der Waals surface area contributed by atoms with E-state index in [1.54, 1.807) is 12.1 Å². The van der Waals surface area contributed by atoms with Gasteiger partial charge in [0, 0.05) is 6.54 Å². The molecule has 1 heterocycles. The molecule has 1 aliphatic rings. The molecule has 0 aliphatic carbocycles. The van der Waals surface area contributed by atoms with Crippen LogP contribution in [0.25, 0.3) is 0 Å². The van der Waals surface area contributed by atoms with Gasteiger partial charge >= 0.3 is 0 Å². The molecular weight excluding hydrogens is 230 g/mol. The van der Waals surface area contributed by atoms with Crippen molar-refractivity contribution in [1.82, 2.24) is 4.72 Å². The van der Waals surface area contributed by atoms with Crippen LogP contribution in [0.2, 0.25) is 0 Å². The summed E-state index contributed by atoms with van der Waals surface area (Å²) in [5.41, 5.74) is 0. The molecule has 2 rings (SSSR count). The van der Waals surface area contributed by atoms with Crippen LogP contribution >= 0.6 is 0 Å². The van der Waals surface area contributed by atoms with Gasteiger partial charge in [0.1, 0.15) is 5.75 Å². The predicted octanol–water partition coefficient (Wildman–Crippen LogP) is 0.372. The van der Waals surface area contributed by atoms with E-state index in [1.165, 1.54) is 19.2 Å². The van der Waals surface area contributed by atoms with Crippen LogP contribution in [0.15, 0.2) is 29.2 Å². The minimum atomic E-state index is -3.43. The van der Waals surface area contributed by atoms with Crippen molar-refractivity contribution in [3.63, 3.8) is 0 Å². The summed E-state index contributed by atoms with van der Waals surface area (Å²) in [4.78, 5) is 0.231. The minimum absolute atomic E-state index is 0.0352. The second-order valence-corrected chi connectivity index (χ2v) is 5.25. The Kier molecular flexibility index (Phi) is 3.13. The average Bonchev–Trinajstić information content (AvgIpc) is 3.10. The molecule has 1 saturated heterocycles. The van der Waals surface area contributed by atoms with E-state index in [4.69, 9.17) is 9.47 Å². The summed E-state index contributed by atoms with van der Waals surface area (Å²) in [6, 6.07) is 6.24. The zero-order valence-electron chi connectivity index (χ0n) is 8.84. The molecule has 1 aliphatic heterocycles. The smallest absolute Gasteiger partial charge is 0.240 e. The van der Waals surface area contributed by atoms with Crippen molar-refractivity contribution in [1.29, 1.82) is 0 Å². The van der Waals surface area contributed by atoms with Crippen LogP contribution in [0.5, 0.6) is 5.75 Å². The van der Waals surface area contributed by atoms with Crippen LogP contribution < -0.4 is 9.46 Å². The molecule has 0 spiro atoms. The molecule has 1 aromatic carbocycles. The molecule has 0 aromatic heterocycles. The highest BCUT2D eigenvalue weighted by Gasteiger charge is 2.25. The normalized spacial score (nSPS) is 19.4. The average molecular weight is 243 g/mol. The van der Waals surface area contributed by atoms with Gasteiger partial charge in [-0.15, -0.1) is 0 Å². The summed E-state index contributed by atoms with van der Waals surface area (Å²) < 4.78 is 35.9. The Morgan fingerprint density at radius 2 is 2.06 bits per heavy atom. The highest BCUT2D eigenvalue weighted by molar-refractivity contribution is 7.89. The van der Waals surface area contributed by atoms with Gasteiger partial charge in [0.05, 0.1) is 24.7 Å². The first-order valence-corrected chi connectivity index (χ1v) is 6.35. The first kappa shape index (κ1) is 11.4. The molecule has 16 heavy (non-hydrogen) atoms. The topological polar surface area (TPSA) is 67.9 Å². The summed E-state index contributed by atoms with van der Waals surface area (Å²) in [5.74, 6) is 0.629. The van der Waals surface area contributed by atoms with Crippen LogP contribution in [0.3, 0.4) is 0 Å². The molecule has 0 saturated carbocycles. The second kappa shape index (κ2) is 4.40. The van der Waals surface area contributed by atoms with Crippen molar-refractivity contribution >= 4 is 10.0 Å². The quantitative estimate of drug-likeness (QED) is 0.759. The molecule has 1 atom stereocenters. The summed E-state index contributed by atoms with van der Waals surface area (Å²) >= 11 is 0. The lowest BCUT2D eigenvalue weighted by Crippen LogP contribution is -2.27. The van der Waals surface area contributed by atoms with Gasteiger partial charge in [-0.1, -0.05) is 0 Å². The molecule has 1 N–H and O–H groups in total. The summed E-state index contributed by atoms with van der Waals surface area (Å²) in [5, 5.41) is 0. The summed E-state index contributed by atoms with van der Waals surface area (Å²) in [7, 11) is -1.89. The van der Waals surface area contributed by atoms with Crippen molar-refractivity contribution in [2.45, 2.75) is 11.0 Å². The zero-order chi connectivity index (χ0) is 11.6. The van der Waals surface area contributed by atoms with E-state index < -0.39 is 10.0 Å². The van der Waals surface area contributed by atoms with E-state index in [9.17, 15) is 8.42 Å². The fourth-order valence-electron chi connectivity index (χ4n) is 1.23. The Morgan fingerprint density at radius 3 is 2.56 bits per heavy atom. The zero-order valence-corrected chi connectivity index (χ0v) is 9.66. The van der Waals surface area contributed by atoms with Crippen LogP contribution in [-0.2, 0) is 14.8 Å². The van der Waals surface area contributed by atoms with Crippen LogP contribution in [0.1, 0.15) is 0 Å². The van der Waals surface area contributed by atoms with Gasteiger partial charge in [0.15, 0.2) is 0 Å². The van der Waals surface area contributed by atoms with Crippen LogP contribution in [0, 0.1) is 0 Å². The third-order valence-electron chi connectivity index (χ3n) is 2.27. The highest BCUT2D eigenvalue weighted by Crippen LogP contribution is 2.16. The molecule has 0 amide bonds. The number of epoxide rings is 1. The van der Waals surface area contributed by atoms with Gasteiger partial charge in [-0.2, -0.15) is 0 Å². The maximum atomic E-state index is 11.8. The number of benzene rings is 1. The largest absolute Gasteiger partial charge is 0.497 e. The SMILES string of the molecule is COc1ccc(S(=O)(=O)NCC2CO2)cc1. The van der Waals surface area contributed by atoms with Gasteiger partial charge in [-0.05, 0) is 24.3 Å². The lowest BCUT2D eigenvalue weighted by molar-refractivity contribution is 0.406. The molecule has 88 valence electrons. The molecular formula is C10H13NO4S. The van der Waals surface area contributed by atoms with Gasteiger partial charge in [0.25, 0.3) is 0 Å². The van der Waals surface area contributed by atoms with Gasteiger partial charge < -0.3 is 9.47 Å². The molecule has 6 heteroatoms. The molecule has 1 fully saturated rings. The molecule has 5 nitrogen and oxygen atoms in total. The van der Waals surface area contributed by atoms with Crippen LogP contribution in [-0.4, -0.2) is 34.8 Å². The maximum Gasteiger partial charge on any atom is 0.240 e. The van der Waals surface area contributed by atoms with E-state index in [1.807, 2.05) is 0 Å². The van der Waals surface area contributed by atoms with Gasteiger partial charge in [-0.3, -0.25) is 0 Å². The van der Waals surface area contributed by atoms with Crippen molar-refractivity contribution in [3.05, 3.63) is 24.3 Å². The number of nitrogens with one attached hydrogen (secondary N) is 1. The first-order chi connectivity index (χ1) is 7.62. The van der Waals surface area contributed by atoms with Gasteiger partial charge in [-0.25, -0.2) is 13.1 Å². The predicted molar refractivity (Wildman–Crippen MR) is 57.9 cm³/mol. The lowest BCUT2D eigenvalue weighted by Gasteiger charge is -2.06.